The van der Waals surface area contributed by atoms with Crippen LogP contribution in [0.3, 0.4) is 0 Å². The SMILES string of the molecule is COc1ccc(-c2ccnc(SCC(=O)c3ccc([N+](=O)[O-])cc3)n2)cc1. The minimum absolute atomic E-state index is 0.0465. The van der Waals surface area contributed by atoms with E-state index < -0.39 is 4.92 Å². The molecule has 0 fully saturated rings. The average molecular weight is 381 g/mol. The smallest absolute Gasteiger partial charge is 0.269 e. The second-order valence-electron chi connectivity index (χ2n) is 5.47. The van der Waals surface area contributed by atoms with Crippen LogP contribution in [0.2, 0.25) is 0 Å². The van der Waals surface area contributed by atoms with Gasteiger partial charge in [0.2, 0.25) is 0 Å². The molecule has 27 heavy (non-hydrogen) atoms. The number of rotatable bonds is 7. The van der Waals surface area contributed by atoms with Gasteiger partial charge in [-0.25, -0.2) is 9.97 Å². The van der Waals surface area contributed by atoms with Crippen molar-refractivity contribution in [3.05, 3.63) is 76.5 Å². The molecule has 0 aliphatic heterocycles. The van der Waals surface area contributed by atoms with Gasteiger partial charge >= 0.3 is 0 Å². The standard InChI is InChI=1S/C19H15N3O4S/c1-26-16-8-4-13(5-9-16)17-10-11-20-19(21-17)27-12-18(23)14-2-6-15(7-3-14)22(24)25/h2-11H,12H2,1H3. The number of non-ortho nitro benzene ring substituents is 1. The molecule has 0 bridgehead atoms. The second-order valence-corrected chi connectivity index (χ2v) is 6.41. The Labute approximate surface area is 159 Å². The summed E-state index contributed by atoms with van der Waals surface area (Å²) in [5, 5.41) is 11.2. The van der Waals surface area contributed by atoms with Crippen molar-refractivity contribution in [2.45, 2.75) is 5.16 Å². The van der Waals surface area contributed by atoms with E-state index in [4.69, 9.17) is 4.74 Å². The van der Waals surface area contributed by atoms with Crippen molar-refractivity contribution < 1.29 is 14.5 Å². The molecule has 8 heteroatoms. The van der Waals surface area contributed by atoms with Crippen LogP contribution in [0, 0.1) is 10.1 Å². The van der Waals surface area contributed by atoms with E-state index in [1.165, 1.54) is 36.0 Å². The summed E-state index contributed by atoms with van der Waals surface area (Å²) in [5.74, 6) is 0.758. The van der Waals surface area contributed by atoms with E-state index in [0.29, 0.717) is 10.7 Å². The van der Waals surface area contributed by atoms with Gasteiger partial charge in [-0.1, -0.05) is 11.8 Å². The first-order valence-electron chi connectivity index (χ1n) is 7.95. The number of ketones is 1. The molecule has 136 valence electrons. The lowest BCUT2D eigenvalue weighted by molar-refractivity contribution is -0.384. The zero-order valence-corrected chi connectivity index (χ0v) is 15.2. The maximum absolute atomic E-state index is 12.3. The molecule has 0 saturated heterocycles. The lowest BCUT2D eigenvalue weighted by Gasteiger charge is -2.05. The first kappa shape index (κ1) is 18.5. The van der Waals surface area contributed by atoms with E-state index in [9.17, 15) is 14.9 Å². The molecule has 0 aliphatic rings. The molecule has 2 aromatic carbocycles. The monoisotopic (exact) mass is 381 g/mol. The summed E-state index contributed by atoms with van der Waals surface area (Å²) in [7, 11) is 1.61. The topological polar surface area (TPSA) is 95.2 Å². The maximum Gasteiger partial charge on any atom is 0.269 e. The van der Waals surface area contributed by atoms with Crippen LogP contribution >= 0.6 is 11.8 Å². The number of nitrogens with zero attached hydrogens (tertiary/aromatic N) is 3. The number of carbonyl (C=O) groups is 1. The molecule has 0 spiro atoms. The fourth-order valence-corrected chi connectivity index (χ4v) is 3.04. The van der Waals surface area contributed by atoms with Crippen LogP contribution in [0.15, 0.2) is 66.0 Å². The molecule has 1 aromatic heterocycles. The van der Waals surface area contributed by atoms with Crippen LogP contribution in [0.5, 0.6) is 5.75 Å². The third kappa shape index (κ3) is 4.68. The number of methoxy groups -OCH3 is 1. The van der Waals surface area contributed by atoms with E-state index >= 15 is 0 Å². The second kappa shape index (κ2) is 8.41. The Kier molecular flexibility index (Phi) is 5.77. The van der Waals surface area contributed by atoms with Crippen molar-refractivity contribution in [2.75, 3.05) is 12.9 Å². The van der Waals surface area contributed by atoms with Crippen molar-refractivity contribution in [1.29, 1.82) is 0 Å². The van der Waals surface area contributed by atoms with Gasteiger partial charge in [0, 0.05) is 29.5 Å². The Morgan fingerprint density at radius 2 is 1.81 bits per heavy atom. The first-order valence-corrected chi connectivity index (χ1v) is 8.93. The van der Waals surface area contributed by atoms with Crippen LogP contribution in [-0.4, -0.2) is 33.5 Å². The average Bonchev–Trinajstić information content (AvgIpc) is 2.72. The summed E-state index contributed by atoms with van der Waals surface area (Å²) in [6.07, 6.45) is 1.64. The number of benzene rings is 2. The summed E-state index contributed by atoms with van der Waals surface area (Å²) < 4.78 is 5.14. The van der Waals surface area contributed by atoms with Gasteiger partial charge < -0.3 is 4.74 Å². The molecule has 0 radical (unpaired) electrons. The van der Waals surface area contributed by atoms with Gasteiger partial charge in [0.15, 0.2) is 10.9 Å². The summed E-state index contributed by atoms with van der Waals surface area (Å²) in [4.78, 5) is 31.1. The predicted molar refractivity (Wildman–Crippen MR) is 102 cm³/mol. The largest absolute Gasteiger partial charge is 0.497 e. The van der Waals surface area contributed by atoms with E-state index in [0.717, 1.165) is 17.0 Å². The number of hydrogen-bond acceptors (Lipinski definition) is 7. The molecular formula is C19H15N3O4S. The zero-order chi connectivity index (χ0) is 19.2. The fraction of sp³-hybridized carbons (Fsp3) is 0.105. The highest BCUT2D eigenvalue weighted by Crippen LogP contribution is 2.23. The molecular weight excluding hydrogens is 366 g/mol. The van der Waals surface area contributed by atoms with Gasteiger partial charge in [0.05, 0.1) is 23.5 Å². The van der Waals surface area contributed by atoms with E-state index in [1.54, 1.807) is 19.4 Å². The number of nitro benzene ring substituents is 1. The quantitative estimate of drug-likeness (QED) is 0.200. The minimum Gasteiger partial charge on any atom is -0.497 e. The number of carbonyl (C=O) groups excluding carboxylic acids is 1. The molecule has 3 aromatic rings. The molecule has 0 aliphatic carbocycles. The van der Waals surface area contributed by atoms with Crippen LogP contribution in [0.25, 0.3) is 11.3 Å². The van der Waals surface area contributed by atoms with E-state index in [1.807, 2.05) is 24.3 Å². The maximum atomic E-state index is 12.3. The molecule has 7 nitrogen and oxygen atoms in total. The van der Waals surface area contributed by atoms with Crippen LogP contribution < -0.4 is 4.74 Å². The highest BCUT2D eigenvalue weighted by molar-refractivity contribution is 7.99. The number of Topliss-reactive ketones (excluding diaryl/α,β-unsaturated/α-hetero) is 1. The molecule has 0 amide bonds. The number of aromatic nitrogens is 2. The van der Waals surface area contributed by atoms with Gasteiger partial charge in [-0.15, -0.1) is 0 Å². The summed E-state index contributed by atoms with van der Waals surface area (Å²) in [5.41, 5.74) is 2.04. The van der Waals surface area contributed by atoms with Gasteiger partial charge in [0.25, 0.3) is 5.69 Å². The molecule has 0 atom stereocenters. The van der Waals surface area contributed by atoms with Crippen molar-refractivity contribution >= 4 is 23.2 Å². The van der Waals surface area contributed by atoms with Crippen LogP contribution in [-0.2, 0) is 0 Å². The van der Waals surface area contributed by atoms with Crippen molar-refractivity contribution in [1.82, 2.24) is 9.97 Å². The molecule has 0 N–H and O–H groups in total. The van der Waals surface area contributed by atoms with E-state index in [-0.39, 0.29) is 17.2 Å². The molecule has 0 unspecified atom stereocenters. The number of thioether (sulfide) groups is 1. The Hall–Kier alpha value is -3.26. The third-order valence-corrected chi connectivity index (χ3v) is 4.61. The van der Waals surface area contributed by atoms with Gasteiger partial charge in [-0.05, 0) is 42.5 Å². The molecule has 3 rings (SSSR count). The Bertz CT molecular complexity index is 959. The van der Waals surface area contributed by atoms with Crippen molar-refractivity contribution in [3.63, 3.8) is 0 Å². The number of ether oxygens (including phenoxy) is 1. The lowest BCUT2D eigenvalue weighted by atomic mass is 10.1. The lowest BCUT2D eigenvalue weighted by Crippen LogP contribution is -2.03. The Morgan fingerprint density at radius 1 is 1.11 bits per heavy atom. The number of nitro groups is 1. The first-order chi connectivity index (χ1) is 13.1. The third-order valence-electron chi connectivity index (χ3n) is 3.75. The van der Waals surface area contributed by atoms with Crippen molar-refractivity contribution in [3.8, 4) is 17.0 Å². The zero-order valence-electron chi connectivity index (χ0n) is 14.4. The van der Waals surface area contributed by atoms with E-state index in [2.05, 4.69) is 9.97 Å². The Morgan fingerprint density at radius 3 is 2.44 bits per heavy atom. The summed E-state index contributed by atoms with van der Waals surface area (Å²) in [6, 6.07) is 14.8. The van der Waals surface area contributed by atoms with Gasteiger partial charge in [-0.2, -0.15) is 0 Å². The summed E-state index contributed by atoms with van der Waals surface area (Å²) in [6.45, 7) is 0. The van der Waals surface area contributed by atoms with Crippen LogP contribution in [0.4, 0.5) is 5.69 Å². The minimum atomic E-state index is -0.498. The highest BCUT2D eigenvalue weighted by Gasteiger charge is 2.11. The van der Waals surface area contributed by atoms with Gasteiger partial charge in [0.1, 0.15) is 5.75 Å². The molecule has 0 saturated carbocycles. The van der Waals surface area contributed by atoms with Crippen LogP contribution in [0.1, 0.15) is 10.4 Å². The highest BCUT2D eigenvalue weighted by atomic mass is 32.2. The van der Waals surface area contributed by atoms with Gasteiger partial charge in [-0.3, -0.25) is 14.9 Å². The molecule has 1 heterocycles. The summed E-state index contributed by atoms with van der Waals surface area (Å²) >= 11 is 1.22. The normalized spacial score (nSPS) is 10.4. The number of hydrogen-bond donors (Lipinski definition) is 0. The van der Waals surface area contributed by atoms with Crippen molar-refractivity contribution in [2.24, 2.45) is 0 Å². The fourth-order valence-electron chi connectivity index (χ4n) is 2.32. The predicted octanol–water partition coefficient (Wildman–Crippen LogP) is 4.04. The Balaban J connectivity index is 1.67.